The summed E-state index contributed by atoms with van der Waals surface area (Å²) in [6.07, 6.45) is 2.18. The smallest absolute Gasteiger partial charge is 0.138 e. The van der Waals surface area contributed by atoms with Crippen LogP contribution in [0.4, 0.5) is 0 Å². The molecule has 1 heterocycles. The third kappa shape index (κ3) is 3.94. The Morgan fingerprint density at radius 3 is 2.45 bits per heavy atom. The maximum Gasteiger partial charge on any atom is 0.138 e. The summed E-state index contributed by atoms with van der Waals surface area (Å²) in [5.41, 5.74) is 3.64. The van der Waals surface area contributed by atoms with Gasteiger partial charge in [0.05, 0.1) is 5.69 Å². The molecule has 2 aromatic rings. The Balaban J connectivity index is 1.88. The summed E-state index contributed by atoms with van der Waals surface area (Å²) >= 11 is 0. The Morgan fingerprint density at radius 2 is 1.85 bits per heavy atom. The minimum Gasteiger partial charge on any atom is -0.361 e. The van der Waals surface area contributed by atoms with Crippen LogP contribution in [-0.2, 0) is 13.0 Å². The van der Waals surface area contributed by atoms with Crippen molar-refractivity contribution in [3.63, 3.8) is 0 Å². The molecule has 0 radical (unpaired) electrons. The van der Waals surface area contributed by atoms with Crippen molar-refractivity contribution in [1.82, 2.24) is 10.5 Å². The Hall–Kier alpha value is -1.61. The second-order valence-corrected chi connectivity index (χ2v) is 6.03. The van der Waals surface area contributed by atoms with Crippen molar-refractivity contribution in [3.05, 3.63) is 52.9 Å². The van der Waals surface area contributed by atoms with Gasteiger partial charge >= 0.3 is 0 Å². The second kappa shape index (κ2) is 6.23. The summed E-state index contributed by atoms with van der Waals surface area (Å²) in [7, 11) is 0. The van der Waals surface area contributed by atoms with Gasteiger partial charge in [-0.05, 0) is 46.1 Å². The van der Waals surface area contributed by atoms with Crippen molar-refractivity contribution >= 4 is 0 Å². The maximum absolute atomic E-state index is 5.20. The van der Waals surface area contributed by atoms with E-state index in [1.54, 1.807) is 0 Å². The van der Waals surface area contributed by atoms with Crippen molar-refractivity contribution in [2.24, 2.45) is 0 Å². The van der Waals surface area contributed by atoms with Crippen LogP contribution in [0.5, 0.6) is 0 Å². The van der Waals surface area contributed by atoms with Gasteiger partial charge in [0, 0.05) is 17.6 Å². The first-order valence-electron chi connectivity index (χ1n) is 7.19. The van der Waals surface area contributed by atoms with E-state index < -0.39 is 0 Å². The number of aryl methyl sites for hydroxylation is 3. The number of aromatic nitrogens is 1. The molecule has 0 amide bonds. The van der Waals surface area contributed by atoms with Crippen LogP contribution >= 0.6 is 0 Å². The molecule has 0 saturated heterocycles. The van der Waals surface area contributed by atoms with Crippen molar-refractivity contribution in [2.75, 3.05) is 0 Å². The zero-order valence-electron chi connectivity index (χ0n) is 12.9. The van der Waals surface area contributed by atoms with E-state index in [4.69, 9.17) is 4.52 Å². The lowest BCUT2D eigenvalue weighted by molar-refractivity contribution is 0.357. The maximum atomic E-state index is 5.20. The summed E-state index contributed by atoms with van der Waals surface area (Å²) in [6.45, 7) is 9.25. The van der Waals surface area contributed by atoms with Gasteiger partial charge in [0.1, 0.15) is 5.76 Å². The van der Waals surface area contributed by atoms with E-state index >= 15 is 0 Å². The lowest BCUT2D eigenvalue weighted by atomic mass is 9.95. The third-order valence-corrected chi connectivity index (χ3v) is 3.81. The van der Waals surface area contributed by atoms with E-state index in [1.165, 1.54) is 11.1 Å². The molecule has 3 heteroatoms. The molecule has 1 aromatic heterocycles. The summed E-state index contributed by atoms with van der Waals surface area (Å²) in [6, 6.07) is 10.6. The molecule has 0 aliphatic rings. The van der Waals surface area contributed by atoms with E-state index in [9.17, 15) is 0 Å². The van der Waals surface area contributed by atoms with Crippen LogP contribution in [0.1, 0.15) is 42.8 Å². The first-order chi connectivity index (χ1) is 9.48. The predicted molar refractivity (Wildman–Crippen MR) is 81.7 cm³/mol. The van der Waals surface area contributed by atoms with Crippen molar-refractivity contribution in [3.8, 4) is 0 Å². The normalized spacial score (nSPS) is 11.8. The van der Waals surface area contributed by atoms with Crippen LogP contribution in [-0.4, -0.2) is 10.7 Å². The Morgan fingerprint density at radius 1 is 1.15 bits per heavy atom. The number of hydrogen-bond acceptors (Lipinski definition) is 3. The first kappa shape index (κ1) is 14.8. The number of benzene rings is 1. The predicted octanol–water partition coefficient (Wildman–Crippen LogP) is 3.79. The van der Waals surface area contributed by atoms with Gasteiger partial charge < -0.3 is 9.84 Å². The number of nitrogens with zero attached hydrogens (tertiary/aromatic N) is 1. The van der Waals surface area contributed by atoms with Crippen molar-refractivity contribution in [2.45, 2.75) is 52.6 Å². The summed E-state index contributed by atoms with van der Waals surface area (Å²) in [4.78, 5) is 0. The molecule has 108 valence electrons. The van der Waals surface area contributed by atoms with Gasteiger partial charge in [0.2, 0.25) is 0 Å². The molecule has 0 aliphatic carbocycles. The highest BCUT2D eigenvalue weighted by Crippen LogP contribution is 2.17. The molecule has 2 rings (SSSR count). The lowest BCUT2D eigenvalue weighted by Gasteiger charge is -2.26. The third-order valence-electron chi connectivity index (χ3n) is 3.81. The molecule has 0 spiro atoms. The van der Waals surface area contributed by atoms with Gasteiger partial charge in [0.25, 0.3) is 0 Å². The molecule has 0 unspecified atom stereocenters. The minimum absolute atomic E-state index is 0.0893. The molecule has 0 aliphatic heterocycles. The molecule has 1 aromatic carbocycles. The van der Waals surface area contributed by atoms with Gasteiger partial charge in [-0.2, -0.15) is 0 Å². The van der Waals surface area contributed by atoms with E-state index in [0.717, 1.165) is 30.8 Å². The van der Waals surface area contributed by atoms with E-state index in [0.29, 0.717) is 0 Å². The highest BCUT2D eigenvalue weighted by atomic mass is 16.5. The second-order valence-electron chi connectivity index (χ2n) is 6.03. The number of hydrogen-bond donors (Lipinski definition) is 1. The van der Waals surface area contributed by atoms with Gasteiger partial charge in [-0.3, -0.25) is 0 Å². The summed E-state index contributed by atoms with van der Waals surface area (Å²) in [5, 5.41) is 7.61. The molecule has 0 fully saturated rings. The van der Waals surface area contributed by atoms with E-state index in [-0.39, 0.29) is 5.54 Å². The molecule has 0 bridgehead atoms. The van der Waals surface area contributed by atoms with Gasteiger partial charge in [-0.15, -0.1) is 0 Å². The van der Waals surface area contributed by atoms with Crippen LogP contribution in [0.3, 0.4) is 0 Å². The van der Waals surface area contributed by atoms with Crippen LogP contribution in [0.25, 0.3) is 0 Å². The molecule has 20 heavy (non-hydrogen) atoms. The Bertz CT molecular complexity index is 524. The van der Waals surface area contributed by atoms with E-state index in [1.807, 2.05) is 13.8 Å². The Labute approximate surface area is 121 Å². The molecule has 3 nitrogen and oxygen atoms in total. The van der Waals surface area contributed by atoms with E-state index in [2.05, 4.69) is 54.7 Å². The highest BCUT2D eigenvalue weighted by Gasteiger charge is 2.18. The van der Waals surface area contributed by atoms with Crippen LogP contribution in [0.15, 0.2) is 34.9 Å². The van der Waals surface area contributed by atoms with Crippen molar-refractivity contribution in [1.29, 1.82) is 0 Å². The highest BCUT2D eigenvalue weighted by molar-refractivity contribution is 5.21. The number of rotatable bonds is 6. The Kier molecular flexibility index (Phi) is 4.61. The first-order valence-corrected chi connectivity index (χ1v) is 7.19. The quantitative estimate of drug-likeness (QED) is 0.869. The number of nitrogens with one attached hydrogen (secondary N) is 1. The van der Waals surface area contributed by atoms with Crippen LogP contribution in [0.2, 0.25) is 0 Å². The largest absolute Gasteiger partial charge is 0.361 e. The summed E-state index contributed by atoms with van der Waals surface area (Å²) in [5.74, 6) is 0.911. The average Bonchev–Trinajstić information content (AvgIpc) is 2.75. The topological polar surface area (TPSA) is 38.1 Å². The van der Waals surface area contributed by atoms with Crippen LogP contribution in [0, 0.1) is 13.8 Å². The fourth-order valence-corrected chi connectivity index (χ4v) is 2.27. The molecule has 0 saturated carbocycles. The lowest BCUT2D eigenvalue weighted by Crippen LogP contribution is -2.39. The molecular weight excluding hydrogens is 248 g/mol. The van der Waals surface area contributed by atoms with Gasteiger partial charge in [-0.1, -0.05) is 35.5 Å². The summed E-state index contributed by atoms with van der Waals surface area (Å²) < 4.78 is 5.20. The minimum atomic E-state index is 0.0893. The monoisotopic (exact) mass is 272 g/mol. The standard InChI is InChI=1S/C17H24N2O/c1-13-16(14(2)20-19-13)12-18-17(3,4)11-10-15-8-6-5-7-9-15/h5-9,18H,10-12H2,1-4H3. The molecular formula is C17H24N2O. The zero-order valence-corrected chi connectivity index (χ0v) is 12.9. The molecule has 0 atom stereocenters. The van der Waals surface area contributed by atoms with Gasteiger partial charge in [0.15, 0.2) is 0 Å². The van der Waals surface area contributed by atoms with Gasteiger partial charge in [-0.25, -0.2) is 0 Å². The fraction of sp³-hybridized carbons (Fsp3) is 0.471. The van der Waals surface area contributed by atoms with Crippen molar-refractivity contribution < 1.29 is 4.52 Å². The zero-order chi connectivity index (χ0) is 14.6. The van der Waals surface area contributed by atoms with Crippen LogP contribution < -0.4 is 5.32 Å². The SMILES string of the molecule is Cc1noc(C)c1CNC(C)(C)CCc1ccccc1. The average molecular weight is 272 g/mol. The fourth-order valence-electron chi connectivity index (χ4n) is 2.27. The molecule has 1 N–H and O–H groups in total.